The fourth-order valence-electron chi connectivity index (χ4n) is 2.06. The Morgan fingerprint density at radius 2 is 2.06 bits per heavy atom. The molecule has 0 aliphatic carbocycles. The number of piperidine rings is 1. The van der Waals surface area contributed by atoms with E-state index in [1.165, 1.54) is 25.3 Å². The molecule has 1 saturated heterocycles. The van der Waals surface area contributed by atoms with Gasteiger partial charge in [-0.05, 0) is 32.0 Å². The molecule has 0 aromatic carbocycles. The summed E-state index contributed by atoms with van der Waals surface area (Å²) in [5.74, 6) is 0. The molecule has 5 nitrogen and oxygen atoms in total. The Morgan fingerprint density at radius 3 is 2.67 bits per heavy atom. The second-order valence-corrected chi connectivity index (χ2v) is 7.40. The predicted octanol–water partition coefficient (Wildman–Crippen LogP) is 1.09. The van der Waals surface area contributed by atoms with Crippen LogP contribution in [0.2, 0.25) is 0 Å². The molecule has 0 amide bonds. The van der Waals surface area contributed by atoms with Crippen LogP contribution in [0.25, 0.3) is 0 Å². The number of anilines is 1. The molecule has 0 radical (unpaired) electrons. The zero-order valence-electron chi connectivity index (χ0n) is 10.3. The van der Waals surface area contributed by atoms with E-state index in [1.807, 2.05) is 0 Å². The lowest BCUT2D eigenvalue weighted by molar-refractivity contribution is 0.233. The van der Waals surface area contributed by atoms with Crippen molar-refractivity contribution in [2.24, 2.45) is 0 Å². The number of nitrogen functional groups attached to an aromatic ring is 1. The third-order valence-electron chi connectivity index (χ3n) is 3.03. The number of likely N-dealkylation sites (tertiary alicyclic amines) is 1. The molecule has 3 N–H and O–H groups in total. The van der Waals surface area contributed by atoms with Crippen LogP contribution in [0.15, 0.2) is 15.7 Å². The summed E-state index contributed by atoms with van der Waals surface area (Å²) in [4.78, 5) is 2.30. The van der Waals surface area contributed by atoms with Crippen molar-refractivity contribution in [1.29, 1.82) is 0 Å². The molecule has 0 unspecified atom stereocenters. The fraction of sp³-hybridized carbons (Fsp3) is 0.636. The second kappa shape index (κ2) is 6.01. The third kappa shape index (κ3) is 3.68. The third-order valence-corrected chi connectivity index (χ3v) is 5.95. The van der Waals surface area contributed by atoms with Gasteiger partial charge in [-0.1, -0.05) is 6.42 Å². The first-order valence-electron chi connectivity index (χ1n) is 6.14. The summed E-state index contributed by atoms with van der Waals surface area (Å²) in [5, 5.41) is 1.64. The number of thiophene rings is 1. The van der Waals surface area contributed by atoms with E-state index < -0.39 is 10.0 Å². The van der Waals surface area contributed by atoms with Crippen molar-refractivity contribution in [3.8, 4) is 0 Å². The van der Waals surface area contributed by atoms with E-state index in [2.05, 4.69) is 9.62 Å². The molecule has 1 fully saturated rings. The summed E-state index contributed by atoms with van der Waals surface area (Å²) < 4.78 is 26.7. The van der Waals surface area contributed by atoms with Crippen LogP contribution in [0, 0.1) is 0 Å². The average molecular weight is 289 g/mol. The second-order valence-electron chi connectivity index (χ2n) is 4.50. The van der Waals surface area contributed by atoms with Gasteiger partial charge in [0.15, 0.2) is 0 Å². The maximum atomic E-state index is 11.9. The van der Waals surface area contributed by atoms with E-state index in [0.717, 1.165) is 31.0 Å². The van der Waals surface area contributed by atoms with Gasteiger partial charge in [-0.3, -0.25) is 0 Å². The quantitative estimate of drug-likeness (QED) is 0.851. The van der Waals surface area contributed by atoms with Crippen LogP contribution in [0.3, 0.4) is 0 Å². The van der Waals surface area contributed by atoms with Crippen LogP contribution in [0.1, 0.15) is 19.3 Å². The first-order chi connectivity index (χ1) is 8.58. The van der Waals surface area contributed by atoms with E-state index in [-0.39, 0.29) is 0 Å². The Bertz CT molecular complexity index is 478. The number of nitrogens with two attached hydrogens (primary N) is 1. The lowest BCUT2D eigenvalue weighted by Crippen LogP contribution is -2.37. The highest BCUT2D eigenvalue weighted by atomic mass is 32.2. The maximum absolute atomic E-state index is 11.9. The van der Waals surface area contributed by atoms with Crippen molar-refractivity contribution in [1.82, 2.24) is 9.62 Å². The number of hydrogen-bond donors (Lipinski definition) is 2. The smallest absolute Gasteiger partial charge is 0.250 e. The lowest BCUT2D eigenvalue weighted by atomic mass is 10.1. The van der Waals surface area contributed by atoms with Crippen LogP contribution >= 0.6 is 11.3 Å². The Kier molecular flexibility index (Phi) is 4.60. The van der Waals surface area contributed by atoms with Gasteiger partial charge < -0.3 is 10.6 Å². The number of hydrogen-bond acceptors (Lipinski definition) is 5. The van der Waals surface area contributed by atoms with Crippen molar-refractivity contribution in [3.05, 3.63) is 11.4 Å². The van der Waals surface area contributed by atoms with E-state index in [4.69, 9.17) is 5.73 Å². The first-order valence-corrected chi connectivity index (χ1v) is 8.50. The van der Waals surface area contributed by atoms with Gasteiger partial charge in [0.1, 0.15) is 4.21 Å². The molecule has 102 valence electrons. The standard InChI is InChI=1S/C11H19N3O2S2/c12-10-8-11(17-9-10)18(15,16)13-4-7-14-5-2-1-3-6-14/h8-9,13H,1-7,12H2. The predicted molar refractivity (Wildman–Crippen MR) is 74.2 cm³/mol. The molecule has 7 heteroatoms. The number of sulfonamides is 1. The summed E-state index contributed by atoms with van der Waals surface area (Å²) in [7, 11) is -3.38. The van der Waals surface area contributed by atoms with Crippen LogP contribution in [0.5, 0.6) is 0 Å². The highest BCUT2D eigenvalue weighted by molar-refractivity contribution is 7.91. The molecule has 0 atom stereocenters. The van der Waals surface area contributed by atoms with Crippen LogP contribution < -0.4 is 10.5 Å². The zero-order chi connectivity index (χ0) is 13.0. The van der Waals surface area contributed by atoms with Gasteiger partial charge in [0.2, 0.25) is 10.0 Å². The van der Waals surface area contributed by atoms with Gasteiger partial charge >= 0.3 is 0 Å². The lowest BCUT2D eigenvalue weighted by Gasteiger charge is -2.26. The molecule has 0 bridgehead atoms. The number of nitrogens with one attached hydrogen (secondary N) is 1. The van der Waals surface area contributed by atoms with Gasteiger partial charge in [-0.2, -0.15) is 0 Å². The largest absolute Gasteiger partial charge is 0.398 e. The van der Waals surface area contributed by atoms with Crippen molar-refractivity contribution in [2.45, 2.75) is 23.5 Å². The van der Waals surface area contributed by atoms with Crippen LogP contribution in [-0.2, 0) is 10.0 Å². The minimum absolute atomic E-state index is 0.290. The molecule has 18 heavy (non-hydrogen) atoms. The van der Waals surface area contributed by atoms with Crippen LogP contribution in [0.4, 0.5) is 5.69 Å². The van der Waals surface area contributed by atoms with E-state index in [1.54, 1.807) is 5.38 Å². The van der Waals surface area contributed by atoms with Gasteiger partial charge in [0.25, 0.3) is 0 Å². The summed E-state index contributed by atoms with van der Waals surface area (Å²) in [6, 6.07) is 1.49. The van der Waals surface area contributed by atoms with Gasteiger partial charge in [0.05, 0.1) is 0 Å². The van der Waals surface area contributed by atoms with E-state index in [0.29, 0.717) is 16.4 Å². The van der Waals surface area contributed by atoms with Crippen molar-refractivity contribution in [3.63, 3.8) is 0 Å². The minimum Gasteiger partial charge on any atom is -0.398 e. The van der Waals surface area contributed by atoms with Gasteiger partial charge in [-0.15, -0.1) is 11.3 Å². The van der Waals surface area contributed by atoms with E-state index >= 15 is 0 Å². The molecular weight excluding hydrogens is 270 g/mol. The first kappa shape index (κ1) is 13.8. The minimum atomic E-state index is -3.38. The van der Waals surface area contributed by atoms with Gasteiger partial charge in [-0.25, -0.2) is 13.1 Å². The molecule has 0 saturated carbocycles. The Hall–Kier alpha value is -0.630. The molecule has 0 spiro atoms. The van der Waals surface area contributed by atoms with Crippen molar-refractivity contribution >= 4 is 27.0 Å². The molecule has 2 heterocycles. The molecule has 1 aromatic rings. The summed E-state index contributed by atoms with van der Waals surface area (Å²) in [6.45, 7) is 3.39. The summed E-state index contributed by atoms with van der Waals surface area (Å²) in [6.07, 6.45) is 3.72. The highest BCUT2D eigenvalue weighted by Gasteiger charge is 2.16. The molecule has 2 rings (SSSR count). The van der Waals surface area contributed by atoms with Crippen molar-refractivity contribution < 1.29 is 8.42 Å². The Balaban J connectivity index is 1.82. The van der Waals surface area contributed by atoms with Crippen molar-refractivity contribution in [2.75, 3.05) is 31.9 Å². The average Bonchev–Trinajstić information content (AvgIpc) is 2.78. The monoisotopic (exact) mass is 289 g/mol. The molecule has 1 aromatic heterocycles. The zero-order valence-corrected chi connectivity index (χ0v) is 11.9. The Morgan fingerprint density at radius 1 is 1.33 bits per heavy atom. The fourth-order valence-corrected chi connectivity index (χ4v) is 4.21. The molecular formula is C11H19N3O2S2. The van der Waals surface area contributed by atoms with E-state index in [9.17, 15) is 8.42 Å². The molecule has 1 aliphatic heterocycles. The number of rotatable bonds is 5. The normalized spacial score (nSPS) is 18.0. The summed E-state index contributed by atoms with van der Waals surface area (Å²) >= 11 is 1.15. The number of nitrogens with zero attached hydrogens (tertiary/aromatic N) is 1. The highest BCUT2D eigenvalue weighted by Crippen LogP contribution is 2.21. The topological polar surface area (TPSA) is 75.4 Å². The maximum Gasteiger partial charge on any atom is 0.250 e. The Labute approximate surface area is 112 Å². The molecule has 1 aliphatic rings. The van der Waals surface area contributed by atoms with Gasteiger partial charge in [0, 0.05) is 24.2 Å². The van der Waals surface area contributed by atoms with Crippen LogP contribution in [-0.4, -0.2) is 39.5 Å². The summed E-state index contributed by atoms with van der Waals surface area (Å²) in [5.41, 5.74) is 6.03. The SMILES string of the molecule is Nc1csc(S(=O)(=O)NCCN2CCCCC2)c1.